The fraction of sp³-hybridized carbons (Fsp3) is 0.400. The van der Waals surface area contributed by atoms with Gasteiger partial charge in [0.15, 0.2) is 0 Å². The number of non-ortho nitro benzene ring substituents is 1. The van der Waals surface area contributed by atoms with Gasteiger partial charge in [-0.15, -0.1) is 0 Å². The molecule has 0 radical (unpaired) electrons. The summed E-state index contributed by atoms with van der Waals surface area (Å²) < 4.78 is 0. The van der Waals surface area contributed by atoms with Crippen molar-refractivity contribution in [1.82, 2.24) is 5.32 Å². The Hall–Kier alpha value is -2.21. The van der Waals surface area contributed by atoms with Crippen LogP contribution >= 0.6 is 0 Å². The van der Waals surface area contributed by atoms with E-state index in [0.717, 1.165) is 31.2 Å². The summed E-state index contributed by atoms with van der Waals surface area (Å²) in [6.07, 6.45) is 5.82. The minimum absolute atomic E-state index is 0.0253. The molecule has 2 N–H and O–H groups in total. The van der Waals surface area contributed by atoms with Crippen molar-refractivity contribution < 1.29 is 14.8 Å². The lowest BCUT2D eigenvalue weighted by Gasteiger charge is -2.25. The first-order chi connectivity index (χ1) is 10.0. The second kappa shape index (κ2) is 6.99. The summed E-state index contributed by atoms with van der Waals surface area (Å²) in [6, 6.07) is 6.11. The summed E-state index contributed by atoms with van der Waals surface area (Å²) in [6.45, 7) is 0. The molecule has 0 aliphatic heterocycles. The highest BCUT2D eigenvalue weighted by atomic mass is 16.6. The van der Waals surface area contributed by atoms with Crippen molar-refractivity contribution in [2.45, 2.75) is 37.8 Å². The summed E-state index contributed by atoms with van der Waals surface area (Å²) in [5, 5.41) is 22.8. The molecular formula is C15H18N2O4. The third-order valence-corrected chi connectivity index (χ3v) is 3.57. The molecule has 0 aromatic heterocycles. The molecule has 0 heterocycles. The van der Waals surface area contributed by atoms with Crippen LogP contribution in [0.15, 0.2) is 30.3 Å². The van der Waals surface area contributed by atoms with E-state index in [1.807, 2.05) is 0 Å². The smallest absolute Gasteiger partial charge is 0.269 e. The first-order valence-electron chi connectivity index (χ1n) is 6.95. The van der Waals surface area contributed by atoms with E-state index < -0.39 is 4.92 Å². The van der Waals surface area contributed by atoms with Gasteiger partial charge in [-0.25, -0.2) is 0 Å². The Morgan fingerprint density at radius 1 is 1.24 bits per heavy atom. The number of amides is 1. The van der Waals surface area contributed by atoms with Gasteiger partial charge < -0.3 is 10.4 Å². The molecule has 2 rings (SSSR count). The molecule has 0 bridgehead atoms. The number of nitrogens with zero attached hydrogens (tertiary/aromatic N) is 1. The van der Waals surface area contributed by atoms with Gasteiger partial charge in [0.1, 0.15) is 0 Å². The summed E-state index contributed by atoms with van der Waals surface area (Å²) in [7, 11) is 0. The molecule has 112 valence electrons. The predicted molar refractivity (Wildman–Crippen MR) is 78.5 cm³/mol. The predicted octanol–water partition coefficient (Wildman–Crippen LogP) is 2.03. The van der Waals surface area contributed by atoms with E-state index in [0.29, 0.717) is 0 Å². The number of carbonyl (C=O) groups is 1. The largest absolute Gasteiger partial charge is 0.393 e. The van der Waals surface area contributed by atoms with Crippen LogP contribution in [-0.4, -0.2) is 28.1 Å². The number of benzene rings is 1. The highest BCUT2D eigenvalue weighted by Gasteiger charge is 2.19. The number of nitro benzene ring substituents is 1. The Bertz CT molecular complexity index is 531. The van der Waals surface area contributed by atoms with Crippen molar-refractivity contribution in [3.8, 4) is 0 Å². The molecule has 0 spiro atoms. The Morgan fingerprint density at radius 3 is 2.43 bits per heavy atom. The molecular weight excluding hydrogens is 272 g/mol. The van der Waals surface area contributed by atoms with Gasteiger partial charge in [0.25, 0.3) is 5.69 Å². The summed E-state index contributed by atoms with van der Waals surface area (Å²) >= 11 is 0. The second-order valence-corrected chi connectivity index (χ2v) is 5.20. The van der Waals surface area contributed by atoms with Crippen LogP contribution in [0.1, 0.15) is 31.2 Å². The van der Waals surface area contributed by atoms with Crippen molar-refractivity contribution >= 4 is 17.7 Å². The van der Waals surface area contributed by atoms with E-state index in [-0.39, 0.29) is 23.7 Å². The van der Waals surface area contributed by atoms with E-state index >= 15 is 0 Å². The van der Waals surface area contributed by atoms with Crippen molar-refractivity contribution in [3.05, 3.63) is 46.0 Å². The van der Waals surface area contributed by atoms with Gasteiger partial charge in [0.05, 0.1) is 11.0 Å². The van der Waals surface area contributed by atoms with Crippen LogP contribution in [0.5, 0.6) is 0 Å². The highest BCUT2D eigenvalue weighted by molar-refractivity contribution is 5.91. The fourth-order valence-electron chi connectivity index (χ4n) is 2.35. The van der Waals surface area contributed by atoms with Gasteiger partial charge in [-0.2, -0.15) is 0 Å². The first-order valence-corrected chi connectivity index (χ1v) is 6.95. The van der Waals surface area contributed by atoms with Crippen LogP contribution in [0.2, 0.25) is 0 Å². The zero-order chi connectivity index (χ0) is 15.2. The lowest BCUT2D eigenvalue weighted by atomic mass is 9.93. The van der Waals surface area contributed by atoms with E-state index in [2.05, 4.69) is 5.32 Å². The van der Waals surface area contributed by atoms with Crippen LogP contribution in [0.4, 0.5) is 5.69 Å². The molecule has 1 fully saturated rings. The van der Waals surface area contributed by atoms with Gasteiger partial charge in [-0.3, -0.25) is 14.9 Å². The number of hydrogen-bond donors (Lipinski definition) is 2. The van der Waals surface area contributed by atoms with Crippen LogP contribution in [0.3, 0.4) is 0 Å². The van der Waals surface area contributed by atoms with Crippen LogP contribution in [0, 0.1) is 10.1 Å². The first kappa shape index (κ1) is 15.2. The molecule has 1 aliphatic carbocycles. The SMILES string of the molecule is O=C(/C=C/c1ccc([N+](=O)[O-])cc1)NC1CCC(O)CC1. The zero-order valence-electron chi connectivity index (χ0n) is 11.6. The van der Waals surface area contributed by atoms with Gasteiger partial charge in [0, 0.05) is 24.3 Å². The highest BCUT2D eigenvalue weighted by Crippen LogP contribution is 2.18. The van der Waals surface area contributed by atoms with Crippen molar-refractivity contribution in [3.63, 3.8) is 0 Å². The maximum Gasteiger partial charge on any atom is 0.269 e. The molecule has 0 unspecified atom stereocenters. The van der Waals surface area contributed by atoms with E-state index in [9.17, 15) is 20.0 Å². The maximum absolute atomic E-state index is 11.8. The van der Waals surface area contributed by atoms with Gasteiger partial charge in [0.2, 0.25) is 5.91 Å². The molecule has 21 heavy (non-hydrogen) atoms. The average molecular weight is 290 g/mol. The monoisotopic (exact) mass is 290 g/mol. The lowest BCUT2D eigenvalue weighted by Crippen LogP contribution is -2.37. The third kappa shape index (κ3) is 4.68. The van der Waals surface area contributed by atoms with Crippen LogP contribution in [0.25, 0.3) is 6.08 Å². The minimum Gasteiger partial charge on any atom is -0.393 e. The number of rotatable bonds is 4. The number of aliphatic hydroxyl groups excluding tert-OH is 1. The maximum atomic E-state index is 11.8. The fourth-order valence-corrected chi connectivity index (χ4v) is 2.35. The van der Waals surface area contributed by atoms with Crippen molar-refractivity contribution in [2.75, 3.05) is 0 Å². The zero-order valence-corrected chi connectivity index (χ0v) is 11.6. The molecule has 1 aromatic carbocycles. The van der Waals surface area contributed by atoms with Crippen molar-refractivity contribution in [2.24, 2.45) is 0 Å². The van der Waals surface area contributed by atoms with E-state index in [1.54, 1.807) is 18.2 Å². The number of carbonyl (C=O) groups excluding carboxylic acids is 1. The van der Waals surface area contributed by atoms with Gasteiger partial charge in [-0.05, 0) is 49.5 Å². The summed E-state index contributed by atoms with van der Waals surface area (Å²) in [5.74, 6) is -0.185. The lowest BCUT2D eigenvalue weighted by molar-refractivity contribution is -0.384. The quantitative estimate of drug-likeness (QED) is 0.504. The number of aliphatic hydroxyl groups is 1. The normalized spacial score (nSPS) is 22.1. The van der Waals surface area contributed by atoms with Crippen molar-refractivity contribution in [1.29, 1.82) is 0 Å². The van der Waals surface area contributed by atoms with E-state index in [4.69, 9.17) is 0 Å². The third-order valence-electron chi connectivity index (χ3n) is 3.57. The van der Waals surface area contributed by atoms with Gasteiger partial charge in [-0.1, -0.05) is 0 Å². The molecule has 0 atom stereocenters. The summed E-state index contributed by atoms with van der Waals surface area (Å²) in [4.78, 5) is 21.8. The molecule has 1 aliphatic rings. The molecule has 1 aromatic rings. The number of hydrogen-bond acceptors (Lipinski definition) is 4. The molecule has 1 saturated carbocycles. The van der Waals surface area contributed by atoms with Crippen LogP contribution < -0.4 is 5.32 Å². The van der Waals surface area contributed by atoms with Crippen LogP contribution in [-0.2, 0) is 4.79 Å². The average Bonchev–Trinajstić information content (AvgIpc) is 2.48. The Kier molecular flexibility index (Phi) is 5.05. The van der Waals surface area contributed by atoms with Gasteiger partial charge >= 0.3 is 0 Å². The second-order valence-electron chi connectivity index (χ2n) is 5.20. The molecule has 6 nitrogen and oxygen atoms in total. The minimum atomic E-state index is -0.461. The number of nitrogens with one attached hydrogen (secondary N) is 1. The molecule has 1 amide bonds. The molecule has 6 heteroatoms. The van der Waals surface area contributed by atoms with E-state index in [1.165, 1.54) is 18.2 Å². The standard InChI is InChI=1S/C15H18N2O4/c18-14-8-4-12(5-9-14)16-15(19)10-3-11-1-6-13(7-2-11)17(20)21/h1-3,6-7,10,12,14,18H,4-5,8-9H2,(H,16,19)/b10-3+. The Morgan fingerprint density at radius 2 is 1.86 bits per heavy atom. The summed E-state index contributed by atoms with van der Waals surface area (Å²) in [5.41, 5.74) is 0.757. The molecule has 0 saturated heterocycles. The topological polar surface area (TPSA) is 92.5 Å². The Labute approximate surface area is 122 Å². The Balaban J connectivity index is 1.85. The number of nitro groups is 1.